The number of aliphatic carboxylic acids is 1. The summed E-state index contributed by atoms with van der Waals surface area (Å²) in [4.78, 5) is 19.3. The van der Waals surface area contributed by atoms with Gasteiger partial charge in [0.05, 0.1) is 30.6 Å². The Morgan fingerprint density at radius 1 is 1.24 bits per heavy atom. The number of aromatic nitrogens is 2. The minimum Gasteiger partial charge on any atom is -0.481 e. The van der Waals surface area contributed by atoms with E-state index in [1.807, 2.05) is 13.8 Å². The number of carbonyl (C=O) groups is 1. The SMILES string of the molecule is CN(c1ncc(/C=C/[C@@H](O)C[C@@H](O)CC(=O)O)c(C(C)(C)c2ccc(F)cc2)n1)S(C)(=O)=O. The zero-order valence-corrected chi connectivity index (χ0v) is 19.6. The Hall–Kier alpha value is -2.89. The second-order valence-electron chi connectivity index (χ2n) is 8.25. The Morgan fingerprint density at radius 3 is 2.39 bits per heavy atom. The summed E-state index contributed by atoms with van der Waals surface area (Å²) in [6, 6.07) is 5.82. The molecular formula is C22H28FN3O6S. The molecule has 3 N–H and O–H groups in total. The van der Waals surface area contributed by atoms with Gasteiger partial charge in [0, 0.05) is 30.6 Å². The molecule has 180 valence electrons. The first kappa shape index (κ1) is 26.4. The second-order valence-corrected chi connectivity index (χ2v) is 10.3. The first-order chi connectivity index (χ1) is 15.2. The third-order valence-corrected chi connectivity index (χ3v) is 6.32. The molecule has 0 bridgehead atoms. The van der Waals surface area contributed by atoms with Crippen LogP contribution in [0.2, 0.25) is 0 Å². The van der Waals surface area contributed by atoms with Crippen LogP contribution < -0.4 is 4.31 Å². The molecular weight excluding hydrogens is 453 g/mol. The third-order valence-electron chi connectivity index (χ3n) is 5.16. The van der Waals surface area contributed by atoms with Gasteiger partial charge in [-0.1, -0.05) is 38.1 Å². The normalized spacial score (nSPS) is 14.3. The maximum Gasteiger partial charge on any atom is 0.305 e. The lowest BCUT2D eigenvalue weighted by molar-refractivity contribution is -0.139. The summed E-state index contributed by atoms with van der Waals surface area (Å²) in [6.07, 6.45) is 2.27. The number of aliphatic hydroxyl groups is 2. The van der Waals surface area contributed by atoms with E-state index in [1.54, 1.807) is 12.1 Å². The van der Waals surface area contributed by atoms with Crippen molar-refractivity contribution >= 4 is 28.0 Å². The van der Waals surface area contributed by atoms with Gasteiger partial charge in [-0.3, -0.25) is 4.79 Å². The molecule has 2 aromatic rings. The highest BCUT2D eigenvalue weighted by molar-refractivity contribution is 7.92. The summed E-state index contributed by atoms with van der Waals surface area (Å²) < 4.78 is 38.3. The van der Waals surface area contributed by atoms with Crippen LogP contribution in [0.3, 0.4) is 0 Å². The van der Waals surface area contributed by atoms with Crippen molar-refractivity contribution in [2.75, 3.05) is 17.6 Å². The van der Waals surface area contributed by atoms with Crippen molar-refractivity contribution in [2.45, 2.75) is 44.3 Å². The minimum absolute atomic E-state index is 0.0581. The molecule has 1 heterocycles. The van der Waals surface area contributed by atoms with E-state index >= 15 is 0 Å². The van der Waals surface area contributed by atoms with Crippen molar-refractivity contribution in [1.82, 2.24) is 9.97 Å². The summed E-state index contributed by atoms with van der Waals surface area (Å²) in [6.45, 7) is 3.66. The summed E-state index contributed by atoms with van der Waals surface area (Å²) in [7, 11) is -2.30. The van der Waals surface area contributed by atoms with Crippen molar-refractivity contribution in [3.63, 3.8) is 0 Å². The fourth-order valence-electron chi connectivity index (χ4n) is 3.16. The molecule has 1 aromatic heterocycles. The number of carboxylic acids is 1. The number of halogens is 1. The van der Waals surface area contributed by atoms with E-state index in [2.05, 4.69) is 9.97 Å². The van der Waals surface area contributed by atoms with Gasteiger partial charge in [0.1, 0.15) is 5.82 Å². The lowest BCUT2D eigenvalue weighted by atomic mass is 9.79. The lowest BCUT2D eigenvalue weighted by Crippen LogP contribution is -2.29. The number of anilines is 1. The summed E-state index contributed by atoms with van der Waals surface area (Å²) in [5.41, 5.74) is 0.783. The van der Waals surface area contributed by atoms with Crippen LogP contribution in [0.25, 0.3) is 6.08 Å². The highest BCUT2D eigenvalue weighted by Gasteiger charge is 2.29. The Bertz CT molecular complexity index is 1120. The molecule has 11 heteroatoms. The van der Waals surface area contributed by atoms with Crippen LogP contribution >= 0.6 is 0 Å². The molecule has 0 amide bonds. The molecule has 2 rings (SSSR count). The van der Waals surface area contributed by atoms with E-state index in [9.17, 15) is 27.8 Å². The lowest BCUT2D eigenvalue weighted by Gasteiger charge is -2.28. The number of hydrogen-bond acceptors (Lipinski definition) is 7. The Morgan fingerprint density at radius 2 is 1.85 bits per heavy atom. The minimum atomic E-state index is -3.63. The van der Waals surface area contributed by atoms with Crippen molar-refractivity contribution in [3.8, 4) is 0 Å². The van der Waals surface area contributed by atoms with Crippen LogP contribution in [0.4, 0.5) is 10.3 Å². The van der Waals surface area contributed by atoms with E-state index in [-0.39, 0.29) is 12.4 Å². The predicted molar refractivity (Wildman–Crippen MR) is 122 cm³/mol. The van der Waals surface area contributed by atoms with Gasteiger partial charge in [0.2, 0.25) is 16.0 Å². The molecule has 33 heavy (non-hydrogen) atoms. The smallest absolute Gasteiger partial charge is 0.305 e. The van der Waals surface area contributed by atoms with Gasteiger partial charge in [-0.05, 0) is 17.7 Å². The number of sulfonamides is 1. The number of nitrogens with zero attached hydrogens (tertiary/aromatic N) is 3. The Balaban J connectivity index is 2.49. The molecule has 0 radical (unpaired) electrons. The predicted octanol–water partition coefficient (Wildman–Crippen LogP) is 1.94. The molecule has 1 aromatic carbocycles. The van der Waals surface area contributed by atoms with Crippen LogP contribution in [-0.2, 0) is 20.2 Å². The number of aliphatic hydroxyl groups excluding tert-OH is 2. The van der Waals surface area contributed by atoms with Gasteiger partial charge < -0.3 is 15.3 Å². The summed E-state index contributed by atoms with van der Waals surface area (Å²) >= 11 is 0. The highest BCUT2D eigenvalue weighted by Crippen LogP contribution is 2.34. The largest absolute Gasteiger partial charge is 0.481 e. The molecule has 0 fully saturated rings. The quantitative estimate of drug-likeness (QED) is 0.468. The molecule has 0 aliphatic rings. The number of hydrogen-bond donors (Lipinski definition) is 3. The molecule has 2 atom stereocenters. The summed E-state index contributed by atoms with van der Waals surface area (Å²) in [5, 5.41) is 28.6. The van der Waals surface area contributed by atoms with Crippen LogP contribution in [0.15, 0.2) is 36.5 Å². The van der Waals surface area contributed by atoms with Crippen LogP contribution in [0, 0.1) is 5.82 Å². The van der Waals surface area contributed by atoms with Crippen molar-refractivity contribution < 1.29 is 32.9 Å². The van der Waals surface area contributed by atoms with Gasteiger partial charge in [0.15, 0.2) is 0 Å². The topological polar surface area (TPSA) is 141 Å². The molecule has 0 unspecified atom stereocenters. The average Bonchev–Trinajstić information content (AvgIpc) is 2.70. The zero-order chi connectivity index (χ0) is 25.0. The van der Waals surface area contributed by atoms with Gasteiger partial charge in [-0.15, -0.1) is 0 Å². The maximum atomic E-state index is 13.5. The van der Waals surface area contributed by atoms with E-state index in [4.69, 9.17) is 5.11 Å². The zero-order valence-electron chi connectivity index (χ0n) is 18.8. The van der Waals surface area contributed by atoms with Crippen LogP contribution in [0.5, 0.6) is 0 Å². The summed E-state index contributed by atoms with van der Waals surface area (Å²) in [5.74, 6) is -1.64. The monoisotopic (exact) mass is 481 g/mol. The van der Waals surface area contributed by atoms with Crippen molar-refractivity contribution in [3.05, 3.63) is 59.2 Å². The molecule has 0 aliphatic heterocycles. The fourth-order valence-corrected chi connectivity index (χ4v) is 3.55. The van der Waals surface area contributed by atoms with Crippen LogP contribution in [-0.4, -0.2) is 65.2 Å². The Labute approximate surface area is 192 Å². The van der Waals surface area contributed by atoms with E-state index in [0.717, 1.165) is 10.6 Å². The van der Waals surface area contributed by atoms with Crippen molar-refractivity contribution in [2.24, 2.45) is 0 Å². The number of rotatable bonds is 10. The fraction of sp³-hybridized carbons (Fsp3) is 0.409. The van der Waals surface area contributed by atoms with E-state index < -0.39 is 45.9 Å². The van der Waals surface area contributed by atoms with E-state index in [1.165, 1.54) is 37.5 Å². The van der Waals surface area contributed by atoms with Gasteiger partial charge in [-0.25, -0.2) is 27.1 Å². The first-order valence-electron chi connectivity index (χ1n) is 10.1. The molecule has 9 nitrogen and oxygen atoms in total. The van der Waals surface area contributed by atoms with Crippen molar-refractivity contribution in [1.29, 1.82) is 0 Å². The van der Waals surface area contributed by atoms with E-state index in [0.29, 0.717) is 16.8 Å². The van der Waals surface area contributed by atoms with Crippen LogP contribution in [0.1, 0.15) is 43.5 Å². The van der Waals surface area contributed by atoms with Gasteiger partial charge >= 0.3 is 5.97 Å². The number of benzene rings is 1. The molecule has 0 spiro atoms. The average molecular weight is 482 g/mol. The Kier molecular flexibility index (Phi) is 8.28. The van der Waals surface area contributed by atoms with Gasteiger partial charge in [0.25, 0.3) is 0 Å². The molecule has 0 aliphatic carbocycles. The van der Waals surface area contributed by atoms with Gasteiger partial charge in [-0.2, -0.15) is 0 Å². The maximum absolute atomic E-state index is 13.5. The number of carboxylic acid groups (broad SMARTS) is 1. The first-order valence-corrected chi connectivity index (χ1v) is 11.9. The highest BCUT2D eigenvalue weighted by atomic mass is 32.2. The standard InChI is InChI=1S/C22H28FN3O6S/c1-22(2,15-6-8-16(23)9-7-15)20-14(5-10-17(27)11-18(28)12-19(29)30)13-24-21(25-20)26(3)33(4,31)32/h5-10,13,17-18,27-28H,11-12H2,1-4H3,(H,29,30)/b10-5+/t17-,18-/m1/s1. The second kappa shape index (κ2) is 10.4. The molecule has 0 saturated heterocycles. The molecule has 0 saturated carbocycles. The third kappa shape index (κ3) is 7.04.